The van der Waals surface area contributed by atoms with Gasteiger partial charge in [-0.05, 0) is 43.5 Å². The molecule has 21 heavy (non-hydrogen) atoms. The Morgan fingerprint density at radius 1 is 1.14 bits per heavy atom. The number of nitrogens with two attached hydrogens (primary N) is 1. The van der Waals surface area contributed by atoms with Gasteiger partial charge >= 0.3 is 0 Å². The summed E-state index contributed by atoms with van der Waals surface area (Å²) in [5, 5.41) is 0. The second-order valence-electron chi connectivity index (χ2n) is 6.10. The smallest absolute Gasteiger partial charge is 0.0568 e. The lowest BCUT2D eigenvalue weighted by Gasteiger charge is -2.40. The minimum atomic E-state index is 0.315. The Morgan fingerprint density at radius 2 is 2.00 bits per heavy atom. The van der Waals surface area contributed by atoms with Gasteiger partial charge in [-0.25, -0.2) is 0 Å². The molecule has 0 bridgehead atoms. The van der Waals surface area contributed by atoms with E-state index >= 15 is 0 Å². The van der Waals surface area contributed by atoms with Gasteiger partial charge in [-0.1, -0.05) is 41.6 Å². The van der Waals surface area contributed by atoms with E-state index in [1.807, 2.05) is 11.8 Å². The molecule has 2 aromatic carbocycles. The van der Waals surface area contributed by atoms with Crippen molar-refractivity contribution in [2.24, 2.45) is 5.73 Å². The van der Waals surface area contributed by atoms with E-state index < -0.39 is 0 Å². The Hall–Kier alpha value is -1.45. The molecule has 2 aromatic rings. The normalized spacial score (nSPS) is 23.8. The number of aryl methyl sites for hydroxylation is 1. The van der Waals surface area contributed by atoms with Gasteiger partial charge in [0.05, 0.1) is 11.7 Å². The zero-order valence-corrected chi connectivity index (χ0v) is 13.1. The Labute approximate surface area is 130 Å². The molecule has 0 spiro atoms. The fourth-order valence-corrected chi connectivity index (χ4v) is 4.62. The van der Waals surface area contributed by atoms with Crippen LogP contribution in [0.2, 0.25) is 0 Å². The van der Waals surface area contributed by atoms with Gasteiger partial charge in [0.2, 0.25) is 0 Å². The number of rotatable bonds is 0. The van der Waals surface area contributed by atoms with Crippen LogP contribution in [0.15, 0.2) is 52.3 Å². The highest BCUT2D eigenvalue weighted by Crippen LogP contribution is 2.48. The van der Waals surface area contributed by atoms with Crippen LogP contribution in [-0.4, -0.2) is 12.6 Å². The first-order valence-electron chi connectivity index (χ1n) is 7.62. The number of para-hydroxylation sites is 1. The number of hydrogen-bond donors (Lipinski definition) is 1. The molecule has 2 N–H and O–H groups in total. The number of fused-ring (bicyclic) bond motifs is 5. The molecule has 2 nitrogen and oxygen atoms in total. The van der Waals surface area contributed by atoms with E-state index in [0.29, 0.717) is 12.1 Å². The number of hydrogen-bond acceptors (Lipinski definition) is 3. The Kier molecular flexibility index (Phi) is 3.20. The van der Waals surface area contributed by atoms with E-state index in [9.17, 15) is 0 Å². The summed E-state index contributed by atoms with van der Waals surface area (Å²) in [7, 11) is 0. The minimum absolute atomic E-state index is 0.315. The first-order valence-corrected chi connectivity index (χ1v) is 8.43. The molecule has 0 aromatic heterocycles. The van der Waals surface area contributed by atoms with Crippen molar-refractivity contribution >= 4 is 17.4 Å². The van der Waals surface area contributed by atoms with Crippen molar-refractivity contribution in [1.82, 2.24) is 0 Å². The highest BCUT2D eigenvalue weighted by atomic mass is 32.2. The zero-order valence-electron chi connectivity index (χ0n) is 12.3. The van der Waals surface area contributed by atoms with Crippen molar-refractivity contribution in [3.05, 3.63) is 53.6 Å². The molecule has 3 heteroatoms. The molecular formula is C18H20N2S. The van der Waals surface area contributed by atoms with Gasteiger partial charge in [0.1, 0.15) is 0 Å². The maximum Gasteiger partial charge on any atom is 0.0568 e. The molecule has 2 atom stereocenters. The monoisotopic (exact) mass is 296 g/mol. The third-order valence-corrected chi connectivity index (χ3v) is 5.72. The summed E-state index contributed by atoms with van der Waals surface area (Å²) >= 11 is 1.90. The molecule has 4 rings (SSSR count). The summed E-state index contributed by atoms with van der Waals surface area (Å²) in [6.07, 6.45) is 2.13. The van der Waals surface area contributed by atoms with Crippen LogP contribution in [0.25, 0.3) is 0 Å². The van der Waals surface area contributed by atoms with Crippen LogP contribution in [0.3, 0.4) is 0 Å². The molecule has 1 fully saturated rings. The van der Waals surface area contributed by atoms with E-state index in [-0.39, 0.29) is 0 Å². The molecule has 2 aliphatic heterocycles. The maximum absolute atomic E-state index is 6.27. The van der Waals surface area contributed by atoms with Crippen molar-refractivity contribution < 1.29 is 0 Å². The number of benzene rings is 2. The van der Waals surface area contributed by atoms with Crippen LogP contribution < -0.4 is 10.6 Å². The zero-order chi connectivity index (χ0) is 14.4. The second-order valence-corrected chi connectivity index (χ2v) is 7.19. The predicted molar refractivity (Wildman–Crippen MR) is 89.0 cm³/mol. The van der Waals surface area contributed by atoms with Crippen LogP contribution >= 0.6 is 11.8 Å². The summed E-state index contributed by atoms with van der Waals surface area (Å²) in [5.41, 5.74) is 10.4. The summed E-state index contributed by atoms with van der Waals surface area (Å²) in [5.74, 6) is 0. The maximum atomic E-state index is 6.27. The lowest BCUT2D eigenvalue weighted by molar-refractivity contribution is 0.416. The molecular weight excluding hydrogens is 276 g/mol. The molecule has 2 aliphatic rings. The van der Waals surface area contributed by atoms with Gasteiger partial charge in [0, 0.05) is 22.4 Å². The average molecular weight is 296 g/mol. The van der Waals surface area contributed by atoms with Crippen LogP contribution in [0.4, 0.5) is 5.69 Å². The van der Waals surface area contributed by atoms with E-state index in [0.717, 1.165) is 19.4 Å². The summed E-state index contributed by atoms with van der Waals surface area (Å²) in [4.78, 5) is 5.31. The SMILES string of the molecule is Cc1ccc2c(c1)C1CC(N)CCN1c1ccccc1S2. The first kappa shape index (κ1) is 13.2. The van der Waals surface area contributed by atoms with E-state index in [4.69, 9.17) is 5.73 Å². The molecule has 0 aliphatic carbocycles. The average Bonchev–Trinajstić information content (AvgIpc) is 2.62. The Balaban J connectivity index is 1.91. The summed E-state index contributed by atoms with van der Waals surface area (Å²) in [6, 6.07) is 16.3. The molecule has 0 amide bonds. The topological polar surface area (TPSA) is 29.3 Å². The molecule has 2 heterocycles. The molecule has 2 unspecified atom stereocenters. The van der Waals surface area contributed by atoms with Gasteiger partial charge in [-0.3, -0.25) is 0 Å². The van der Waals surface area contributed by atoms with Gasteiger partial charge in [-0.2, -0.15) is 0 Å². The Morgan fingerprint density at radius 3 is 2.90 bits per heavy atom. The minimum Gasteiger partial charge on any atom is -0.363 e. The van der Waals surface area contributed by atoms with Gasteiger partial charge in [-0.15, -0.1) is 0 Å². The van der Waals surface area contributed by atoms with Crippen molar-refractivity contribution in [3.63, 3.8) is 0 Å². The van der Waals surface area contributed by atoms with Gasteiger partial charge in [0.25, 0.3) is 0 Å². The largest absolute Gasteiger partial charge is 0.363 e. The molecule has 0 radical (unpaired) electrons. The molecule has 0 saturated carbocycles. The van der Waals surface area contributed by atoms with Crippen LogP contribution in [0.1, 0.15) is 30.0 Å². The van der Waals surface area contributed by atoms with Gasteiger partial charge < -0.3 is 10.6 Å². The fourth-order valence-electron chi connectivity index (χ4n) is 3.50. The fraction of sp³-hybridized carbons (Fsp3) is 0.333. The van der Waals surface area contributed by atoms with E-state index in [1.165, 1.54) is 26.6 Å². The van der Waals surface area contributed by atoms with Crippen LogP contribution in [0, 0.1) is 6.92 Å². The van der Waals surface area contributed by atoms with Crippen molar-refractivity contribution in [2.75, 3.05) is 11.4 Å². The standard InChI is InChI=1S/C18H20N2S/c1-12-6-7-17-14(10-12)16-11-13(19)8-9-20(16)15-4-2-3-5-18(15)21-17/h2-7,10,13,16H,8-9,11,19H2,1H3. The third-order valence-electron chi connectivity index (χ3n) is 4.56. The highest BCUT2D eigenvalue weighted by Gasteiger charge is 2.33. The van der Waals surface area contributed by atoms with Crippen LogP contribution in [-0.2, 0) is 0 Å². The first-order chi connectivity index (χ1) is 10.2. The quantitative estimate of drug-likeness (QED) is 0.792. The number of piperidine rings is 1. The number of nitrogens with zero attached hydrogens (tertiary/aromatic N) is 1. The van der Waals surface area contributed by atoms with E-state index in [1.54, 1.807) is 0 Å². The molecule has 108 valence electrons. The highest BCUT2D eigenvalue weighted by molar-refractivity contribution is 7.99. The second kappa shape index (κ2) is 5.08. The van der Waals surface area contributed by atoms with Crippen molar-refractivity contribution in [3.8, 4) is 0 Å². The predicted octanol–water partition coefficient (Wildman–Crippen LogP) is 4.13. The molecule has 1 saturated heterocycles. The van der Waals surface area contributed by atoms with Gasteiger partial charge in [0.15, 0.2) is 0 Å². The number of anilines is 1. The Bertz CT molecular complexity index is 683. The van der Waals surface area contributed by atoms with Crippen molar-refractivity contribution in [2.45, 2.75) is 41.6 Å². The third kappa shape index (κ3) is 2.25. The summed E-state index contributed by atoms with van der Waals surface area (Å²) in [6.45, 7) is 3.23. The summed E-state index contributed by atoms with van der Waals surface area (Å²) < 4.78 is 0. The van der Waals surface area contributed by atoms with Crippen LogP contribution in [0.5, 0.6) is 0 Å². The van der Waals surface area contributed by atoms with Crippen molar-refractivity contribution in [1.29, 1.82) is 0 Å². The lowest BCUT2D eigenvalue weighted by Crippen LogP contribution is -2.42. The van der Waals surface area contributed by atoms with E-state index in [2.05, 4.69) is 54.3 Å². The lowest BCUT2D eigenvalue weighted by atomic mass is 9.91.